The van der Waals surface area contributed by atoms with E-state index in [9.17, 15) is 9.59 Å². The molecule has 0 aliphatic heterocycles. The largest absolute Gasteiger partial charge is 0.481 e. The van der Waals surface area contributed by atoms with Gasteiger partial charge in [0.25, 0.3) is 0 Å². The second-order valence-electron chi connectivity index (χ2n) is 4.26. The Morgan fingerprint density at radius 1 is 1.16 bits per heavy atom. The normalized spacial score (nSPS) is 12.1. The number of nitrogens with one attached hydrogen (secondary N) is 1. The molecule has 0 aromatic heterocycles. The second kappa shape index (κ2) is 5.40. The van der Waals surface area contributed by atoms with Crippen molar-refractivity contribution in [3.8, 4) is 0 Å². The molecule has 0 aliphatic carbocycles. The molecule has 1 atom stereocenters. The Hall–Kier alpha value is -1.88. The molecule has 0 heterocycles. The Balaban J connectivity index is 2.25. The Morgan fingerprint density at radius 3 is 2.47 bits per heavy atom. The molecule has 5 heteroatoms. The molecule has 0 bridgehead atoms. The van der Waals surface area contributed by atoms with Gasteiger partial charge in [0, 0.05) is 10.2 Å². The van der Waals surface area contributed by atoms with Crippen LogP contribution < -0.4 is 5.32 Å². The smallest absolute Gasteiger partial charge is 0.315 e. The van der Waals surface area contributed by atoms with E-state index in [0.717, 1.165) is 15.2 Å². The zero-order valence-corrected chi connectivity index (χ0v) is 11.8. The van der Waals surface area contributed by atoms with Gasteiger partial charge in [-0.25, -0.2) is 0 Å². The van der Waals surface area contributed by atoms with E-state index in [1.807, 2.05) is 30.3 Å². The van der Waals surface area contributed by atoms with Gasteiger partial charge < -0.3 is 10.4 Å². The maximum Gasteiger partial charge on any atom is 0.315 e. The Morgan fingerprint density at radius 2 is 1.79 bits per heavy atom. The second-order valence-corrected chi connectivity index (χ2v) is 5.17. The number of carboxylic acids is 1. The lowest BCUT2D eigenvalue weighted by Crippen LogP contribution is -2.26. The summed E-state index contributed by atoms with van der Waals surface area (Å²) < 4.78 is 0.983. The van der Waals surface area contributed by atoms with Crippen molar-refractivity contribution >= 4 is 44.3 Å². The van der Waals surface area contributed by atoms with Gasteiger partial charge in [0.05, 0.1) is 0 Å². The van der Waals surface area contributed by atoms with Gasteiger partial charge in [0.15, 0.2) is 0 Å². The fourth-order valence-electron chi connectivity index (χ4n) is 1.66. The maximum atomic E-state index is 11.6. The van der Waals surface area contributed by atoms with E-state index < -0.39 is 17.8 Å². The van der Waals surface area contributed by atoms with E-state index in [1.165, 1.54) is 6.92 Å². The van der Waals surface area contributed by atoms with Crippen molar-refractivity contribution in [2.75, 3.05) is 5.32 Å². The molecule has 2 aromatic rings. The number of rotatable bonds is 3. The van der Waals surface area contributed by atoms with Crippen molar-refractivity contribution in [2.45, 2.75) is 6.92 Å². The van der Waals surface area contributed by atoms with Gasteiger partial charge in [-0.3, -0.25) is 9.59 Å². The highest BCUT2D eigenvalue weighted by Gasteiger charge is 2.20. The number of aliphatic carboxylic acids is 1. The summed E-state index contributed by atoms with van der Waals surface area (Å²) in [6.07, 6.45) is 0. The lowest BCUT2D eigenvalue weighted by molar-refractivity contribution is -0.144. The lowest BCUT2D eigenvalue weighted by atomic mass is 10.1. The van der Waals surface area contributed by atoms with Gasteiger partial charge in [0.2, 0.25) is 5.91 Å². The van der Waals surface area contributed by atoms with Gasteiger partial charge >= 0.3 is 5.97 Å². The first-order valence-electron chi connectivity index (χ1n) is 5.70. The topological polar surface area (TPSA) is 66.4 Å². The van der Waals surface area contributed by atoms with Crippen molar-refractivity contribution in [2.24, 2.45) is 5.92 Å². The Kier molecular flexibility index (Phi) is 3.85. The van der Waals surface area contributed by atoms with E-state index in [4.69, 9.17) is 5.11 Å². The zero-order valence-electron chi connectivity index (χ0n) is 10.2. The Bertz CT molecular complexity index is 654. The molecule has 1 amide bonds. The molecule has 2 aromatic carbocycles. The average molecular weight is 322 g/mol. The van der Waals surface area contributed by atoms with Crippen LogP contribution in [-0.2, 0) is 9.59 Å². The van der Waals surface area contributed by atoms with Crippen LogP contribution in [0.2, 0.25) is 0 Å². The quantitative estimate of drug-likeness (QED) is 0.853. The molecule has 4 nitrogen and oxygen atoms in total. The van der Waals surface area contributed by atoms with Crippen LogP contribution in [0.4, 0.5) is 5.69 Å². The van der Waals surface area contributed by atoms with E-state index in [1.54, 1.807) is 6.07 Å². The van der Waals surface area contributed by atoms with E-state index >= 15 is 0 Å². The van der Waals surface area contributed by atoms with Crippen LogP contribution >= 0.6 is 15.9 Å². The molecule has 0 saturated heterocycles. The third-order valence-electron chi connectivity index (χ3n) is 2.83. The molecule has 0 radical (unpaired) electrons. The number of amides is 1. The molecule has 0 spiro atoms. The molecule has 2 rings (SSSR count). The first kappa shape index (κ1) is 13.5. The summed E-state index contributed by atoms with van der Waals surface area (Å²) in [5.41, 5.74) is 0.591. The van der Waals surface area contributed by atoms with Crippen molar-refractivity contribution in [3.05, 3.63) is 40.9 Å². The number of benzene rings is 2. The molecule has 0 aliphatic rings. The number of hydrogen-bond acceptors (Lipinski definition) is 2. The molecular weight excluding hydrogens is 310 g/mol. The summed E-state index contributed by atoms with van der Waals surface area (Å²) >= 11 is 3.39. The average Bonchev–Trinajstić information content (AvgIpc) is 2.37. The highest BCUT2D eigenvalue weighted by atomic mass is 79.9. The molecule has 98 valence electrons. The predicted octanol–water partition coefficient (Wildman–Crippen LogP) is 3.26. The van der Waals surface area contributed by atoms with Crippen molar-refractivity contribution in [1.29, 1.82) is 0 Å². The molecular formula is C14H12BrNO3. The van der Waals surface area contributed by atoms with Crippen LogP contribution in [0.3, 0.4) is 0 Å². The summed E-state index contributed by atoms with van der Waals surface area (Å²) in [5, 5.41) is 13.4. The fraction of sp³-hybridized carbons (Fsp3) is 0.143. The van der Waals surface area contributed by atoms with Crippen molar-refractivity contribution < 1.29 is 14.7 Å². The standard InChI is InChI=1S/C14H12BrNO3/c1-8(14(18)19)13(17)16-12-5-3-9-6-11(15)4-2-10(9)7-12/h2-8H,1H3,(H,16,17)(H,18,19). The van der Waals surface area contributed by atoms with Crippen LogP contribution in [-0.4, -0.2) is 17.0 Å². The minimum atomic E-state index is -1.14. The zero-order chi connectivity index (χ0) is 14.0. The number of carboxylic acid groups (broad SMARTS) is 1. The van der Waals surface area contributed by atoms with Gasteiger partial charge in [-0.15, -0.1) is 0 Å². The van der Waals surface area contributed by atoms with Crippen molar-refractivity contribution in [1.82, 2.24) is 0 Å². The minimum absolute atomic E-state index is 0.524. The summed E-state index contributed by atoms with van der Waals surface area (Å²) in [6, 6.07) is 11.3. The third-order valence-corrected chi connectivity index (χ3v) is 3.33. The first-order valence-corrected chi connectivity index (χ1v) is 6.49. The highest BCUT2D eigenvalue weighted by Crippen LogP contribution is 2.23. The minimum Gasteiger partial charge on any atom is -0.481 e. The highest BCUT2D eigenvalue weighted by molar-refractivity contribution is 9.10. The van der Waals surface area contributed by atoms with Crippen LogP contribution in [0, 0.1) is 5.92 Å². The van der Waals surface area contributed by atoms with E-state index in [2.05, 4.69) is 21.2 Å². The number of carbonyl (C=O) groups excluding carboxylic acids is 1. The molecule has 2 N–H and O–H groups in total. The molecule has 1 unspecified atom stereocenters. The molecule has 0 fully saturated rings. The maximum absolute atomic E-state index is 11.6. The van der Waals surface area contributed by atoms with E-state index in [-0.39, 0.29) is 0 Å². The van der Waals surface area contributed by atoms with Crippen LogP contribution in [0.25, 0.3) is 10.8 Å². The fourth-order valence-corrected chi connectivity index (χ4v) is 2.04. The van der Waals surface area contributed by atoms with E-state index in [0.29, 0.717) is 5.69 Å². The summed E-state index contributed by atoms with van der Waals surface area (Å²) in [5.74, 6) is -2.73. The number of hydrogen-bond donors (Lipinski definition) is 2. The molecule has 19 heavy (non-hydrogen) atoms. The predicted molar refractivity (Wildman–Crippen MR) is 77.1 cm³/mol. The van der Waals surface area contributed by atoms with Crippen LogP contribution in [0.5, 0.6) is 0 Å². The third kappa shape index (κ3) is 3.12. The van der Waals surface area contributed by atoms with Gasteiger partial charge in [-0.05, 0) is 42.0 Å². The summed E-state index contributed by atoms with van der Waals surface area (Å²) in [6.45, 7) is 1.36. The SMILES string of the molecule is CC(C(=O)O)C(=O)Nc1ccc2cc(Br)ccc2c1. The summed E-state index contributed by atoms with van der Waals surface area (Å²) in [4.78, 5) is 22.4. The van der Waals surface area contributed by atoms with Gasteiger partial charge in [-0.2, -0.15) is 0 Å². The molecule has 0 saturated carbocycles. The number of halogens is 1. The van der Waals surface area contributed by atoms with Gasteiger partial charge in [-0.1, -0.05) is 28.1 Å². The van der Waals surface area contributed by atoms with Gasteiger partial charge in [0.1, 0.15) is 5.92 Å². The van der Waals surface area contributed by atoms with Crippen LogP contribution in [0.15, 0.2) is 40.9 Å². The Labute approximate surface area is 118 Å². The van der Waals surface area contributed by atoms with Crippen molar-refractivity contribution in [3.63, 3.8) is 0 Å². The first-order chi connectivity index (χ1) is 8.97. The number of anilines is 1. The number of carbonyl (C=O) groups is 2. The number of fused-ring (bicyclic) bond motifs is 1. The monoisotopic (exact) mass is 321 g/mol. The van der Waals surface area contributed by atoms with Crippen LogP contribution in [0.1, 0.15) is 6.92 Å². The lowest BCUT2D eigenvalue weighted by Gasteiger charge is -2.09. The summed E-state index contributed by atoms with van der Waals surface area (Å²) in [7, 11) is 0.